The average Bonchev–Trinajstić information content (AvgIpc) is 2.63. The normalized spacial score (nSPS) is 10.8. The summed E-state index contributed by atoms with van der Waals surface area (Å²) in [6.45, 7) is 2.21. The van der Waals surface area contributed by atoms with Gasteiger partial charge in [0.25, 0.3) is 0 Å². The molecule has 2 aromatic carbocycles. The second kappa shape index (κ2) is 10.1. The zero-order valence-electron chi connectivity index (χ0n) is 14.7. The molecule has 0 aliphatic carbocycles. The fraction of sp³-hybridized carbons (Fsp3) is 0.200. The summed E-state index contributed by atoms with van der Waals surface area (Å²) in [6, 6.07) is 10.5. The van der Waals surface area contributed by atoms with E-state index in [1.807, 2.05) is 6.92 Å². The lowest BCUT2D eigenvalue weighted by Gasteiger charge is -2.20. The third-order valence-electron chi connectivity index (χ3n) is 3.63. The zero-order valence-corrected chi connectivity index (χ0v) is 16.2. The molecular formula is C20H19Cl2FN2O2. The van der Waals surface area contributed by atoms with Crippen molar-refractivity contribution in [2.45, 2.75) is 13.3 Å². The number of rotatable bonds is 7. The third-order valence-corrected chi connectivity index (χ3v) is 4.20. The summed E-state index contributed by atoms with van der Waals surface area (Å²) < 4.78 is 12.9. The van der Waals surface area contributed by atoms with Crippen LogP contribution in [-0.2, 0) is 9.59 Å². The highest BCUT2D eigenvalue weighted by molar-refractivity contribution is 6.35. The zero-order chi connectivity index (χ0) is 19.8. The molecule has 7 heteroatoms. The predicted molar refractivity (Wildman–Crippen MR) is 107 cm³/mol. The Balaban J connectivity index is 2.02. The van der Waals surface area contributed by atoms with Gasteiger partial charge in [0.05, 0.1) is 10.7 Å². The maximum absolute atomic E-state index is 12.9. The van der Waals surface area contributed by atoms with Gasteiger partial charge >= 0.3 is 0 Å². The number of halogens is 3. The van der Waals surface area contributed by atoms with Crippen LogP contribution >= 0.6 is 23.2 Å². The molecule has 1 N–H and O–H groups in total. The number of benzene rings is 2. The minimum absolute atomic E-state index is 0.122. The van der Waals surface area contributed by atoms with E-state index in [1.54, 1.807) is 36.4 Å². The topological polar surface area (TPSA) is 49.4 Å². The molecule has 27 heavy (non-hydrogen) atoms. The molecule has 0 radical (unpaired) electrons. The summed E-state index contributed by atoms with van der Waals surface area (Å²) in [5, 5.41) is 3.46. The van der Waals surface area contributed by atoms with Crippen molar-refractivity contribution in [3.63, 3.8) is 0 Å². The number of nitrogens with zero attached hydrogens (tertiary/aromatic N) is 1. The standard InChI is InChI=1S/C20H19Cl2FN2O2/c1-2-11-25(20(27)10-5-14-3-7-16(23)8-4-14)13-19(26)24-18-12-15(21)6-9-17(18)22/h3-10,12H,2,11,13H2,1H3,(H,24,26)/b10-5+. The van der Waals surface area contributed by atoms with Crippen molar-refractivity contribution in [1.29, 1.82) is 0 Å². The van der Waals surface area contributed by atoms with Crippen LogP contribution in [0.25, 0.3) is 6.08 Å². The van der Waals surface area contributed by atoms with Crippen LogP contribution in [0.3, 0.4) is 0 Å². The third kappa shape index (κ3) is 6.70. The smallest absolute Gasteiger partial charge is 0.247 e. The van der Waals surface area contributed by atoms with Gasteiger partial charge in [-0.15, -0.1) is 0 Å². The molecule has 0 aromatic heterocycles. The average molecular weight is 409 g/mol. The van der Waals surface area contributed by atoms with Crippen molar-refractivity contribution in [2.24, 2.45) is 0 Å². The fourth-order valence-corrected chi connectivity index (χ4v) is 2.68. The maximum atomic E-state index is 12.9. The number of amides is 2. The number of hydrogen-bond donors (Lipinski definition) is 1. The van der Waals surface area contributed by atoms with Crippen LogP contribution in [0.15, 0.2) is 48.5 Å². The molecule has 0 fully saturated rings. The van der Waals surface area contributed by atoms with Gasteiger partial charge < -0.3 is 10.2 Å². The lowest BCUT2D eigenvalue weighted by molar-refractivity contribution is -0.130. The van der Waals surface area contributed by atoms with Crippen LogP contribution in [0.5, 0.6) is 0 Å². The quantitative estimate of drug-likeness (QED) is 0.653. The Bertz CT molecular complexity index is 838. The molecule has 142 valence electrons. The van der Waals surface area contributed by atoms with Crippen LogP contribution in [0.1, 0.15) is 18.9 Å². The highest BCUT2D eigenvalue weighted by Gasteiger charge is 2.15. The summed E-state index contributed by atoms with van der Waals surface area (Å²) in [6.07, 6.45) is 3.64. The number of carbonyl (C=O) groups excluding carboxylic acids is 2. The van der Waals surface area contributed by atoms with Crippen LogP contribution in [0.4, 0.5) is 10.1 Å². The number of carbonyl (C=O) groups is 2. The van der Waals surface area contributed by atoms with Crippen molar-refractivity contribution in [1.82, 2.24) is 4.90 Å². The van der Waals surface area contributed by atoms with Gasteiger partial charge in [-0.2, -0.15) is 0 Å². The van der Waals surface area contributed by atoms with E-state index in [4.69, 9.17) is 23.2 Å². The first-order valence-corrected chi connectivity index (χ1v) is 9.12. The SMILES string of the molecule is CCCN(CC(=O)Nc1cc(Cl)ccc1Cl)C(=O)/C=C/c1ccc(F)cc1. The molecule has 0 saturated heterocycles. The first kappa shape index (κ1) is 20.9. The van der Waals surface area contributed by atoms with Gasteiger partial charge in [-0.25, -0.2) is 4.39 Å². The van der Waals surface area contributed by atoms with E-state index in [-0.39, 0.29) is 24.2 Å². The van der Waals surface area contributed by atoms with Gasteiger partial charge in [-0.05, 0) is 48.4 Å². The van der Waals surface area contributed by atoms with Crippen LogP contribution < -0.4 is 5.32 Å². The first-order valence-electron chi connectivity index (χ1n) is 8.36. The highest BCUT2D eigenvalue weighted by Crippen LogP contribution is 2.25. The van der Waals surface area contributed by atoms with Crippen LogP contribution in [0, 0.1) is 5.82 Å². The van der Waals surface area contributed by atoms with Gasteiger partial charge in [-0.1, -0.05) is 42.3 Å². The van der Waals surface area contributed by atoms with Crippen LogP contribution in [-0.4, -0.2) is 29.8 Å². The Morgan fingerprint density at radius 2 is 1.85 bits per heavy atom. The molecule has 2 rings (SSSR count). The van der Waals surface area contributed by atoms with E-state index in [2.05, 4.69) is 5.32 Å². The molecule has 0 aliphatic rings. The Morgan fingerprint density at radius 3 is 2.52 bits per heavy atom. The van der Waals surface area contributed by atoms with Gasteiger partial charge in [0.2, 0.25) is 11.8 Å². The summed E-state index contributed by atoms with van der Waals surface area (Å²) in [7, 11) is 0. The predicted octanol–water partition coefficient (Wildman–Crippen LogP) is 5.02. The number of hydrogen-bond acceptors (Lipinski definition) is 2. The van der Waals surface area contributed by atoms with Crippen LogP contribution in [0.2, 0.25) is 10.0 Å². The molecule has 0 saturated carbocycles. The first-order chi connectivity index (χ1) is 12.9. The fourth-order valence-electron chi connectivity index (χ4n) is 2.34. The van der Waals surface area contributed by atoms with E-state index < -0.39 is 0 Å². The summed E-state index contributed by atoms with van der Waals surface area (Å²) in [5.74, 6) is -1.04. The second-order valence-electron chi connectivity index (χ2n) is 5.82. The largest absolute Gasteiger partial charge is 0.330 e. The molecule has 0 spiro atoms. The van der Waals surface area contributed by atoms with Gasteiger partial charge in [0.1, 0.15) is 12.4 Å². The number of nitrogens with one attached hydrogen (secondary N) is 1. The second-order valence-corrected chi connectivity index (χ2v) is 6.66. The van der Waals surface area contributed by atoms with Crippen molar-refractivity contribution in [3.8, 4) is 0 Å². The Hall–Kier alpha value is -2.37. The molecular weight excluding hydrogens is 390 g/mol. The number of anilines is 1. The maximum Gasteiger partial charge on any atom is 0.247 e. The molecule has 0 aliphatic heterocycles. The molecule has 0 heterocycles. The molecule has 0 bridgehead atoms. The van der Waals surface area contributed by atoms with Gasteiger partial charge in [0, 0.05) is 17.6 Å². The van der Waals surface area contributed by atoms with Crippen molar-refractivity contribution in [3.05, 3.63) is 70.0 Å². The highest BCUT2D eigenvalue weighted by atomic mass is 35.5. The van der Waals surface area contributed by atoms with E-state index in [0.29, 0.717) is 34.3 Å². The van der Waals surface area contributed by atoms with E-state index >= 15 is 0 Å². The van der Waals surface area contributed by atoms with Gasteiger partial charge in [0.15, 0.2) is 0 Å². The van der Waals surface area contributed by atoms with E-state index in [1.165, 1.54) is 23.1 Å². The summed E-state index contributed by atoms with van der Waals surface area (Å²) >= 11 is 11.9. The van der Waals surface area contributed by atoms with Crippen molar-refractivity contribution >= 4 is 46.8 Å². The molecule has 4 nitrogen and oxygen atoms in total. The summed E-state index contributed by atoms with van der Waals surface area (Å²) in [4.78, 5) is 26.1. The molecule has 0 atom stereocenters. The molecule has 2 aromatic rings. The molecule has 2 amide bonds. The Kier molecular flexibility index (Phi) is 7.82. The lowest BCUT2D eigenvalue weighted by Crippen LogP contribution is -2.37. The van der Waals surface area contributed by atoms with Gasteiger partial charge in [-0.3, -0.25) is 9.59 Å². The summed E-state index contributed by atoms with van der Waals surface area (Å²) in [5.41, 5.74) is 1.08. The Morgan fingerprint density at radius 1 is 1.15 bits per heavy atom. The van der Waals surface area contributed by atoms with E-state index in [9.17, 15) is 14.0 Å². The lowest BCUT2D eigenvalue weighted by atomic mass is 10.2. The molecule has 0 unspecified atom stereocenters. The monoisotopic (exact) mass is 408 g/mol. The van der Waals surface area contributed by atoms with E-state index in [0.717, 1.165) is 0 Å². The Labute approximate surface area is 167 Å². The van der Waals surface area contributed by atoms with Crippen molar-refractivity contribution in [2.75, 3.05) is 18.4 Å². The minimum Gasteiger partial charge on any atom is -0.330 e. The minimum atomic E-state index is -0.379. The van der Waals surface area contributed by atoms with Crippen molar-refractivity contribution < 1.29 is 14.0 Å².